The quantitative estimate of drug-likeness (QED) is 0.794. The van der Waals surface area contributed by atoms with Gasteiger partial charge in [0.05, 0.1) is 6.04 Å². The maximum atomic E-state index is 12.5. The molecule has 0 fully saturated rings. The number of hydrogen-bond acceptors (Lipinski definition) is 2. The first kappa shape index (κ1) is 18.8. The van der Waals surface area contributed by atoms with Gasteiger partial charge < -0.3 is 10.1 Å². The molecule has 1 aliphatic carbocycles. The Morgan fingerprint density at radius 3 is 2.42 bits per heavy atom. The van der Waals surface area contributed by atoms with Crippen LogP contribution in [-0.2, 0) is 17.6 Å². The first-order chi connectivity index (χ1) is 12.3. The Kier molecular flexibility index (Phi) is 5.57. The van der Waals surface area contributed by atoms with Gasteiger partial charge in [-0.05, 0) is 86.9 Å². The third-order valence-corrected chi connectivity index (χ3v) is 5.67. The van der Waals surface area contributed by atoms with E-state index in [-0.39, 0.29) is 11.9 Å². The third-order valence-electron chi connectivity index (χ3n) is 5.07. The van der Waals surface area contributed by atoms with Crippen LogP contribution in [0.1, 0.15) is 54.1 Å². The number of aryl methyl sites for hydroxylation is 4. The second-order valence-corrected chi connectivity index (χ2v) is 7.62. The summed E-state index contributed by atoms with van der Waals surface area (Å²) in [5, 5.41) is 3.79. The van der Waals surface area contributed by atoms with E-state index < -0.39 is 6.10 Å². The summed E-state index contributed by atoms with van der Waals surface area (Å²) in [6.07, 6.45) is 2.95. The zero-order valence-electron chi connectivity index (χ0n) is 15.9. The fraction of sp³-hybridized carbons (Fsp3) is 0.409. The van der Waals surface area contributed by atoms with Crippen LogP contribution in [0.25, 0.3) is 0 Å². The molecule has 0 spiro atoms. The molecule has 0 aromatic heterocycles. The molecule has 0 bridgehead atoms. The van der Waals surface area contributed by atoms with Crippen LogP contribution in [0.5, 0.6) is 5.75 Å². The van der Waals surface area contributed by atoms with Crippen molar-refractivity contribution < 1.29 is 9.53 Å². The van der Waals surface area contributed by atoms with Crippen molar-refractivity contribution in [3.05, 3.63) is 63.2 Å². The molecule has 0 saturated heterocycles. The number of amides is 1. The summed E-state index contributed by atoms with van der Waals surface area (Å²) in [5.74, 6) is 0.542. The molecule has 1 amide bonds. The second kappa shape index (κ2) is 7.71. The first-order valence-corrected chi connectivity index (χ1v) is 9.58. The van der Waals surface area contributed by atoms with Crippen molar-refractivity contribution in [2.45, 2.75) is 59.1 Å². The molecule has 0 unspecified atom stereocenters. The van der Waals surface area contributed by atoms with E-state index in [1.165, 1.54) is 24.0 Å². The number of rotatable bonds is 5. The molecule has 3 rings (SSSR count). The minimum Gasteiger partial charge on any atom is -0.481 e. The van der Waals surface area contributed by atoms with E-state index in [4.69, 9.17) is 16.3 Å². The highest BCUT2D eigenvalue weighted by Crippen LogP contribution is 2.27. The van der Waals surface area contributed by atoms with Crippen LogP contribution in [0.15, 0.2) is 30.3 Å². The molecule has 2 aromatic carbocycles. The Hall–Kier alpha value is -2.00. The fourth-order valence-electron chi connectivity index (χ4n) is 3.51. The molecule has 0 heterocycles. The number of ether oxygens (including phenoxy) is 1. The van der Waals surface area contributed by atoms with Crippen molar-refractivity contribution in [2.75, 3.05) is 0 Å². The maximum Gasteiger partial charge on any atom is 0.261 e. The maximum absolute atomic E-state index is 12.5. The van der Waals surface area contributed by atoms with E-state index in [1.807, 2.05) is 32.9 Å². The lowest BCUT2D eigenvalue weighted by Gasteiger charge is -2.20. The molecular weight excluding hydrogens is 346 g/mol. The monoisotopic (exact) mass is 371 g/mol. The van der Waals surface area contributed by atoms with Gasteiger partial charge >= 0.3 is 0 Å². The van der Waals surface area contributed by atoms with Gasteiger partial charge in [0.2, 0.25) is 0 Å². The zero-order valence-corrected chi connectivity index (χ0v) is 16.6. The van der Waals surface area contributed by atoms with E-state index in [2.05, 4.69) is 23.5 Å². The van der Waals surface area contributed by atoms with Crippen LogP contribution in [0.2, 0.25) is 5.02 Å². The molecule has 4 heteroatoms. The number of hydrogen-bond donors (Lipinski definition) is 1. The number of carbonyl (C=O) groups excluding carboxylic acids is 1. The van der Waals surface area contributed by atoms with Crippen molar-refractivity contribution in [1.29, 1.82) is 0 Å². The molecule has 2 aromatic rings. The third kappa shape index (κ3) is 4.04. The van der Waals surface area contributed by atoms with Gasteiger partial charge in [0.1, 0.15) is 5.75 Å². The highest BCUT2D eigenvalue weighted by atomic mass is 35.5. The van der Waals surface area contributed by atoms with Crippen LogP contribution in [0, 0.1) is 13.8 Å². The summed E-state index contributed by atoms with van der Waals surface area (Å²) in [4.78, 5) is 12.5. The number of halogens is 1. The fourth-order valence-corrected chi connectivity index (χ4v) is 3.62. The Labute approximate surface area is 160 Å². The largest absolute Gasteiger partial charge is 0.481 e. The standard InChI is InChI=1S/C22H26ClNO2/c1-13-10-20(11-14(2)21(13)23)26-16(4)22(25)24-15(3)18-9-8-17-6-5-7-19(17)12-18/h8-12,15-16H,5-7H2,1-4H3,(H,24,25)/t15-,16-/m1/s1. The van der Waals surface area contributed by atoms with E-state index >= 15 is 0 Å². The Bertz CT molecular complexity index is 808. The average molecular weight is 372 g/mol. The molecule has 26 heavy (non-hydrogen) atoms. The predicted molar refractivity (Wildman–Crippen MR) is 106 cm³/mol. The molecule has 3 nitrogen and oxygen atoms in total. The van der Waals surface area contributed by atoms with E-state index in [0.29, 0.717) is 5.75 Å². The van der Waals surface area contributed by atoms with Gasteiger partial charge in [-0.1, -0.05) is 29.8 Å². The summed E-state index contributed by atoms with van der Waals surface area (Å²) in [7, 11) is 0. The van der Waals surface area contributed by atoms with Gasteiger partial charge in [-0.15, -0.1) is 0 Å². The smallest absolute Gasteiger partial charge is 0.261 e. The molecule has 0 saturated carbocycles. The van der Waals surface area contributed by atoms with Gasteiger partial charge in [-0.3, -0.25) is 4.79 Å². The van der Waals surface area contributed by atoms with Crippen LogP contribution >= 0.6 is 11.6 Å². The van der Waals surface area contributed by atoms with Gasteiger partial charge in [0, 0.05) is 5.02 Å². The van der Waals surface area contributed by atoms with Crippen LogP contribution in [0.4, 0.5) is 0 Å². The lowest BCUT2D eigenvalue weighted by Crippen LogP contribution is -2.37. The van der Waals surface area contributed by atoms with Crippen LogP contribution in [-0.4, -0.2) is 12.0 Å². The first-order valence-electron chi connectivity index (χ1n) is 9.20. The van der Waals surface area contributed by atoms with Crippen molar-refractivity contribution >= 4 is 17.5 Å². The Morgan fingerprint density at radius 1 is 1.08 bits per heavy atom. The minimum atomic E-state index is -0.577. The van der Waals surface area contributed by atoms with Crippen molar-refractivity contribution in [3.8, 4) is 5.75 Å². The number of fused-ring (bicyclic) bond motifs is 1. The lowest BCUT2D eigenvalue weighted by atomic mass is 10.0. The van der Waals surface area contributed by atoms with Crippen LogP contribution < -0.4 is 10.1 Å². The van der Waals surface area contributed by atoms with E-state index in [1.54, 1.807) is 6.92 Å². The van der Waals surface area contributed by atoms with Crippen molar-refractivity contribution in [2.24, 2.45) is 0 Å². The summed E-state index contributed by atoms with van der Waals surface area (Å²) in [5.41, 5.74) is 5.89. The Balaban J connectivity index is 1.63. The molecule has 0 radical (unpaired) electrons. The van der Waals surface area contributed by atoms with E-state index in [0.717, 1.165) is 28.1 Å². The Morgan fingerprint density at radius 2 is 1.73 bits per heavy atom. The predicted octanol–water partition coefficient (Wildman–Crippen LogP) is 5.09. The molecular formula is C22H26ClNO2. The minimum absolute atomic E-state index is 0.0480. The molecule has 138 valence electrons. The molecule has 1 aliphatic rings. The zero-order chi connectivity index (χ0) is 18.8. The average Bonchev–Trinajstić information content (AvgIpc) is 3.07. The second-order valence-electron chi connectivity index (χ2n) is 7.24. The number of carbonyl (C=O) groups is 1. The molecule has 2 atom stereocenters. The summed E-state index contributed by atoms with van der Waals surface area (Å²) < 4.78 is 5.83. The van der Waals surface area contributed by atoms with Gasteiger partial charge in [-0.25, -0.2) is 0 Å². The van der Waals surface area contributed by atoms with Gasteiger partial charge in [-0.2, -0.15) is 0 Å². The topological polar surface area (TPSA) is 38.3 Å². The van der Waals surface area contributed by atoms with Gasteiger partial charge in [0.25, 0.3) is 5.91 Å². The van der Waals surface area contributed by atoms with Gasteiger partial charge in [0.15, 0.2) is 6.10 Å². The normalized spacial score (nSPS) is 15.3. The highest BCUT2D eigenvalue weighted by molar-refractivity contribution is 6.32. The molecule has 0 aliphatic heterocycles. The summed E-state index contributed by atoms with van der Waals surface area (Å²) in [6, 6.07) is 10.2. The highest BCUT2D eigenvalue weighted by Gasteiger charge is 2.20. The summed E-state index contributed by atoms with van der Waals surface area (Å²) in [6.45, 7) is 7.65. The van der Waals surface area contributed by atoms with Crippen molar-refractivity contribution in [3.63, 3.8) is 0 Å². The van der Waals surface area contributed by atoms with Crippen LogP contribution in [0.3, 0.4) is 0 Å². The van der Waals surface area contributed by atoms with E-state index in [9.17, 15) is 4.79 Å². The number of nitrogens with one attached hydrogen (secondary N) is 1. The SMILES string of the molecule is Cc1cc(O[C@H](C)C(=O)N[C@H](C)c2ccc3c(c2)CCC3)cc(C)c1Cl. The molecule has 1 N–H and O–H groups in total. The number of benzene rings is 2. The summed E-state index contributed by atoms with van der Waals surface area (Å²) >= 11 is 6.19. The van der Waals surface area contributed by atoms with Crippen molar-refractivity contribution in [1.82, 2.24) is 5.32 Å². The lowest BCUT2D eigenvalue weighted by molar-refractivity contribution is -0.127.